The van der Waals surface area contributed by atoms with Crippen molar-refractivity contribution in [2.45, 2.75) is 26.1 Å². The third-order valence-electron chi connectivity index (χ3n) is 3.05. The predicted molar refractivity (Wildman–Crippen MR) is 80.5 cm³/mol. The third kappa shape index (κ3) is 4.89. The predicted octanol–water partition coefficient (Wildman–Crippen LogP) is 1.62. The van der Waals surface area contributed by atoms with Crippen molar-refractivity contribution in [3.8, 4) is 5.75 Å². The molecular formula is C16H19N3O2. The van der Waals surface area contributed by atoms with Gasteiger partial charge >= 0.3 is 0 Å². The maximum Gasteiger partial charge on any atom is 0.234 e. The second-order valence-corrected chi connectivity index (χ2v) is 4.76. The summed E-state index contributed by atoms with van der Waals surface area (Å²) in [6, 6.07) is 13.1. The molecule has 1 aromatic heterocycles. The minimum Gasteiger partial charge on any atom is -0.487 e. The summed E-state index contributed by atoms with van der Waals surface area (Å²) in [7, 11) is 0. The van der Waals surface area contributed by atoms with Crippen LogP contribution in [0.1, 0.15) is 18.2 Å². The molecule has 0 radical (unpaired) electrons. The lowest BCUT2D eigenvalue weighted by Gasteiger charge is -2.11. The van der Waals surface area contributed by atoms with Crippen LogP contribution >= 0.6 is 0 Å². The fourth-order valence-corrected chi connectivity index (χ4v) is 1.76. The second kappa shape index (κ2) is 7.40. The van der Waals surface area contributed by atoms with Gasteiger partial charge in [-0.25, -0.2) is 0 Å². The molecule has 110 valence electrons. The van der Waals surface area contributed by atoms with Gasteiger partial charge in [0.25, 0.3) is 0 Å². The van der Waals surface area contributed by atoms with Crippen molar-refractivity contribution in [1.82, 2.24) is 10.3 Å². The topological polar surface area (TPSA) is 77.2 Å². The normalized spacial score (nSPS) is 11.9. The first-order valence-electron chi connectivity index (χ1n) is 6.79. The Balaban J connectivity index is 1.90. The van der Waals surface area contributed by atoms with Crippen molar-refractivity contribution in [2.24, 2.45) is 5.73 Å². The van der Waals surface area contributed by atoms with Gasteiger partial charge in [0.2, 0.25) is 5.91 Å². The van der Waals surface area contributed by atoms with Gasteiger partial charge < -0.3 is 15.8 Å². The van der Waals surface area contributed by atoms with Crippen LogP contribution in [0.5, 0.6) is 5.75 Å². The van der Waals surface area contributed by atoms with E-state index in [1.165, 1.54) is 0 Å². The highest BCUT2D eigenvalue weighted by Gasteiger charge is 2.07. The van der Waals surface area contributed by atoms with E-state index in [0.29, 0.717) is 13.2 Å². The van der Waals surface area contributed by atoms with Crippen LogP contribution < -0.4 is 15.8 Å². The molecule has 2 aromatic rings. The number of nitrogens with one attached hydrogen (secondary N) is 1. The molecule has 2 rings (SSSR count). The Hall–Kier alpha value is -2.40. The molecular weight excluding hydrogens is 266 g/mol. The van der Waals surface area contributed by atoms with Crippen LogP contribution in [-0.2, 0) is 17.9 Å². The van der Waals surface area contributed by atoms with Crippen LogP contribution in [0.25, 0.3) is 0 Å². The lowest BCUT2D eigenvalue weighted by Crippen LogP contribution is -2.38. The third-order valence-corrected chi connectivity index (χ3v) is 3.05. The first-order chi connectivity index (χ1) is 10.1. The molecule has 0 spiro atoms. The summed E-state index contributed by atoms with van der Waals surface area (Å²) < 4.78 is 5.71. The summed E-state index contributed by atoms with van der Waals surface area (Å²) in [5.41, 5.74) is 7.12. The van der Waals surface area contributed by atoms with Crippen LogP contribution in [0.4, 0.5) is 0 Å². The Kier molecular flexibility index (Phi) is 5.29. The van der Waals surface area contributed by atoms with Crippen LogP contribution in [-0.4, -0.2) is 16.9 Å². The number of nitrogens with two attached hydrogens (primary N) is 1. The standard InChI is InChI=1S/C16H19N3O2/c1-12(16(17)20)19-10-13-5-4-7-15(9-13)21-11-14-6-2-3-8-18-14/h2-9,12,19H,10-11H2,1H3,(H2,17,20)/t12-/m0/s1. The first-order valence-corrected chi connectivity index (χ1v) is 6.79. The van der Waals surface area contributed by atoms with Gasteiger partial charge in [0.05, 0.1) is 11.7 Å². The van der Waals surface area contributed by atoms with Gasteiger partial charge in [-0.2, -0.15) is 0 Å². The summed E-state index contributed by atoms with van der Waals surface area (Å²) in [6.45, 7) is 2.73. The number of nitrogens with zero attached hydrogens (tertiary/aromatic N) is 1. The molecule has 0 saturated carbocycles. The lowest BCUT2D eigenvalue weighted by atomic mass is 10.2. The Morgan fingerprint density at radius 2 is 2.19 bits per heavy atom. The fourth-order valence-electron chi connectivity index (χ4n) is 1.76. The maximum absolute atomic E-state index is 11.0. The first kappa shape index (κ1) is 15.0. The average molecular weight is 285 g/mol. The largest absolute Gasteiger partial charge is 0.487 e. The van der Waals surface area contributed by atoms with Gasteiger partial charge in [-0.3, -0.25) is 9.78 Å². The summed E-state index contributed by atoms with van der Waals surface area (Å²) in [5, 5.41) is 3.06. The Morgan fingerprint density at radius 3 is 2.90 bits per heavy atom. The molecule has 1 amide bonds. The smallest absolute Gasteiger partial charge is 0.234 e. The van der Waals surface area contributed by atoms with Gasteiger partial charge in [0.15, 0.2) is 0 Å². The van der Waals surface area contributed by atoms with Gasteiger partial charge in [0.1, 0.15) is 12.4 Å². The molecule has 1 aromatic carbocycles. The van der Waals surface area contributed by atoms with Crippen LogP contribution in [0.2, 0.25) is 0 Å². The zero-order valence-electron chi connectivity index (χ0n) is 12.0. The van der Waals surface area contributed by atoms with Crippen molar-refractivity contribution in [2.75, 3.05) is 0 Å². The highest BCUT2D eigenvalue weighted by molar-refractivity contribution is 5.79. The monoisotopic (exact) mass is 285 g/mol. The van der Waals surface area contributed by atoms with E-state index in [1.807, 2.05) is 42.5 Å². The number of carbonyl (C=O) groups is 1. The molecule has 0 aliphatic rings. The van der Waals surface area contributed by atoms with E-state index < -0.39 is 0 Å². The Bertz CT molecular complexity index is 587. The number of benzene rings is 1. The molecule has 0 bridgehead atoms. The summed E-state index contributed by atoms with van der Waals surface area (Å²) in [4.78, 5) is 15.2. The lowest BCUT2D eigenvalue weighted by molar-refractivity contribution is -0.119. The number of rotatable bonds is 7. The average Bonchev–Trinajstić information content (AvgIpc) is 2.52. The number of aromatic nitrogens is 1. The molecule has 0 saturated heterocycles. The van der Waals surface area contributed by atoms with Crippen molar-refractivity contribution in [3.05, 3.63) is 59.9 Å². The van der Waals surface area contributed by atoms with E-state index in [1.54, 1.807) is 13.1 Å². The molecule has 5 nitrogen and oxygen atoms in total. The SMILES string of the molecule is C[C@H](NCc1cccc(OCc2ccccn2)c1)C(N)=O. The van der Waals surface area contributed by atoms with Crippen molar-refractivity contribution >= 4 is 5.91 Å². The van der Waals surface area contributed by atoms with Crippen molar-refractivity contribution in [3.63, 3.8) is 0 Å². The summed E-state index contributed by atoms with van der Waals surface area (Å²) in [5.74, 6) is 0.407. The zero-order chi connectivity index (χ0) is 15.1. The highest BCUT2D eigenvalue weighted by atomic mass is 16.5. The minimum atomic E-state index is -0.363. The number of hydrogen-bond acceptors (Lipinski definition) is 4. The molecule has 0 fully saturated rings. The molecule has 1 atom stereocenters. The highest BCUT2D eigenvalue weighted by Crippen LogP contribution is 2.14. The van der Waals surface area contributed by atoms with Crippen LogP contribution in [0.3, 0.4) is 0 Å². The molecule has 3 N–H and O–H groups in total. The van der Waals surface area contributed by atoms with Gasteiger partial charge in [-0.1, -0.05) is 18.2 Å². The fraction of sp³-hybridized carbons (Fsp3) is 0.250. The maximum atomic E-state index is 11.0. The minimum absolute atomic E-state index is 0.358. The molecule has 1 heterocycles. The van der Waals surface area contributed by atoms with Crippen LogP contribution in [0, 0.1) is 0 Å². The quantitative estimate of drug-likeness (QED) is 0.810. The van der Waals surface area contributed by atoms with Gasteiger partial charge in [0, 0.05) is 12.7 Å². The van der Waals surface area contributed by atoms with E-state index in [0.717, 1.165) is 17.0 Å². The molecule has 0 aliphatic heterocycles. The van der Waals surface area contributed by atoms with Crippen LogP contribution in [0.15, 0.2) is 48.7 Å². The molecule has 5 heteroatoms. The number of amides is 1. The van der Waals surface area contributed by atoms with E-state index in [4.69, 9.17) is 10.5 Å². The van der Waals surface area contributed by atoms with Gasteiger partial charge in [-0.15, -0.1) is 0 Å². The number of hydrogen-bond donors (Lipinski definition) is 2. The van der Waals surface area contributed by atoms with Crippen molar-refractivity contribution < 1.29 is 9.53 Å². The summed E-state index contributed by atoms with van der Waals surface area (Å²) in [6.07, 6.45) is 1.74. The zero-order valence-corrected chi connectivity index (χ0v) is 12.0. The number of ether oxygens (including phenoxy) is 1. The summed E-state index contributed by atoms with van der Waals surface area (Å²) >= 11 is 0. The number of carbonyl (C=O) groups excluding carboxylic acids is 1. The Labute approximate surface area is 124 Å². The number of primary amides is 1. The van der Waals surface area contributed by atoms with E-state index in [-0.39, 0.29) is 11.9 Å². The second-order valence-electron chi connectivity index (χ2n) is 4.76. The van der Waals surface area contributed by atoms with E-state index in [2.05, 4.69) is 10.3 Å². The molecule has 21 heavy (non-hydrogen) atoms. The number of pyridine rings is 1. The Morgan fingerprint density at radius 1 is 1.33 bits per heavy atom. The van der Waals surface area contributed by atoms with Gasteiger partial charge in [-0.05, 0) is 36.8 Å². The molecule has 0 aliphatic carbocycles. The van der Waals surface area contributed by atoms with Crippen molar-refractivity contribution in [1.29, 1.82) is 0 Å². The van der Waals surface area contributed by atoms with E-state index >= 15 is 0 Å². The van der Waals surface area contributed by atoms with E-state index in [9.17, 15) is 4.79 Å². The molecule has 0 unspecified atom stereocenters.